The summed E-state index contributed by atoms with van der Waals surface area (Å²) in [6, 6.07) is 7.01. The van der Waals surface area contributed by atoms with Crippen molar-refractivity contribution in [2.75, 3.05) is 13.1 Å². The summed E-state index contributed by atoms with van der Waals surface area (Å²) in [7, 11) is 0. The standard InChI is InChI=1S/C18H26N2O2/c1-13-7-6-10-20(12-13)17(22)15-9-5-8-14(11-15)16(21)19-18(2,3)4/h5,8-9,11,13H,6-7,10,12H2,1-4H3,(H,19,21). The van der Waals surface area contributed by atoms with Crippen molar-refractivity contribution < 1.29 is 9.59 Å². The van der Waals surface area contributed by atoms with Crippen LogP contribution in [0, 0.1) is 5.92 Å². The van der Waals surface area contributed by atoms with Gasteiger partial charge < -0.3 is 10.2 Å². The number of carbonyl (C=O) groups is 2. The number of nitrogens with one attached hydrogen (secondary N) is 1. The van der Waals surface area contributed by atoms with Gasteiger partial charge in [0.2, 0.25) is 0 Å². The number of likely N-dealkylation sites (tertiary alicyclic amines) is 1. The third kappa shape index (κ3) is 4.33. The van der Waals surface area contributed by atoms with Crippen molar-refractivity contribution in [1.82, 2.24) is 10.2 Å². The van der Waals surface area contributed by atoms with E-state index in [-0.39, 0.29) is 17.4 Å². The van der Waals surface area contributed by atoms with Gasteiger partial charge in [-0.25, -0.2) is 0 Å². The summed E-state index contributed by atoms with van der Waals surface area (Å²) in [4.78, 5) is 26.7. The summed E-state index contributed by atoms with van der Waals surface area (Å²) < 4.78 is 0. The molecule has 0 bridgehead atoms. The normalized spacial score (nSPS) is 18.9. The van der Waals surface area contributed by atoms with Gasteiger partial charge in [0.15, 0.2) is 0 Å². The van der Waals surface area contributed by atoms with E-state index in [9.17, 15) is 9.59 Å². The molecule has 4 heteroatoms. The van der Waals surface area contributed by atoms with E-state index < -0.39 is 0 Å². The van der Waals surface area contributed by atoms with Crippen molar-refractivity contribution in [2.24, 2.45) is 5.92 Å². The molecule has 120 valence electrons. The Hall–Kier alpha value is -1.84. The van der Waals surface area contributed by atoms with Crippen LogP contribution in [-0.4, -0.2) is 35.3 Å². The van der Waals surface area contributed by atoms with Crippen LogP contribution >= 0.6 is 0 Å². The maximum absolute atomic E-state index is 12.6. The number of hydrogen-bond acceptors (Lipinski definition) is 2. The second kappa shape index (κ2) is 6.51. The highest BCUT2D eigenvalue weighted by atomic mass is 16.2. The molecule has 1 aromatic rings. The minimum absolute atomic E-state index is 0.0250. The first kappa shape index (κ1) is 16.5. The molecule has 1 fully saturated rings. The van der Waals surface area contributed by atoms with Crippen molar-refractivity contribution in [3.63, 3.8) is 0 Å². The van der Waals surface area contributed by atoms with E-state index in [0.717, 1.165) is 19.5 Å². The van der Waals surface area contributed by atoms with Crippen LogP contribution in [0.15, 0.2) is 24.3 Å². The minimum Gasteiger partial charge on any atom is -0.347 e. The first-order chi connectivity index (χ1) is 10.3. The Bertz CT molecular complexity index is 560. The summed E-state index contributed by atoms with van der Waals surface area (Å²) in [6.07, 6.45) is 2.23. The molecule has 22 heavy (non-hydrogen) atoms. The van der Waals surface area contributed by atoms with Gasteiger partial charge in [-0.2, -0.15) is 0 Å². The average Bonchev–Trinajstić information content (AvgIpc) is 2.45. The molecule has 1 aliphatic heterocycles. The van der Waals surface area contributed by atoms with Gasteiger partial charge >= 0.3 is 0 Å². The third-order valence-electron chi connectivity index (χ3n) is 3.80. The molecule has 0 aromatic heterocycles. The summed E-state index contributed by atoms with van der Waals surface area (Å²) in [5.41, 5.74) is 0.834. The van der Waals surface area contributed by atoms with E-state index in [2.05, 4.69) is 12.2 Å². The Morgan fingerprint density at radius 3 is 2.55 bits per heavy atom. The van der Waals surface area contributed by atoms with E-state index in [1.807, 2.05) is 25.7 Å². The Morgan fingerprint density at radius 2 is 1.91 bits per heavy atom. The van der Waals surface area contributed by atoms with Gasteiger partial charge in [-0.15, -0.1) is 0 Å². The van der Waals surface area contributed by atoms with Crippen molar-refractivity contribution in [1.29, 1.82) is 0 Å². The lowest BCUT2D eigenvalue weighted by Crippen LogP contribution is -2.41. The van der Waals surface area contributed by atoms with Crippen LogP contribution in [0.2, 0.25) is 0 Å². The number of hydrogen-bond donors (Lipinski definition) is 1. The molecule has 1 saturated heterocycles. The third-order valence-corrected chi connectivity index (χ3v) is 3.80. The van der Waals surface area contributed by atoms with Crippen LogP contribution in [0.4, 0.5) is 0 Å². The highest BCUT2D eigenvalue weighted by Crippen LogP contribution is 2.18. The fourth-order valence-corrected chi connectivity index (χ4v) is 2.76. The van der Waals surface area contributed by atoms with Crippen LogP contribution in [0.25, 0.3) is 0 Å². The number of carbonyl (C=O) groups excluding carboxylic acids is 2. The largest absolute Gasteiger partial charge is 0.347 e. The Kier molecular flexibility index (Phi) is 4.89. The molecule has 4 nitrogen and oxygen atoms in total. The summed E-state index contributed by atoms with van der Waals surface area (Å²) in [5.74, 6) is 0.427. The van der Waals surface area contributed by atoms with Crippen molar-refractivity contribution in [3.8, 4) is 0 Å². The molecule has 1 aromatic carbocycles. The highest BCUT2D eigenvalue weighted by molar-refractivity contribution is 5.99. The number of piperidine rings is 1. The van der Waals surface area contributed by atoms with Gasteiger partial charge in [-0.3, -0.25) is 9.59 Å². The minimum atomic E-state index is -0.292. The molecule has 1 heterocycles. The Balaban J connectivity index is 2.14. The lowest BCUT2D eigenvalue weighted by atomic mass is 9.99. The SMILES string of the molecule is CC1CCCN(C(=O)c2cccc(C(=O)NC(C)(C)C)c2)C1. The Labute approximate surface area is 132 Å². The van der Waals surface area contributed by atoms with Crippen molar-refractivity contribution in [3.05, 3.63) is 35.4 Å². The summed E-state index contributed by atoms with van der Waals surface area (Å²) >= 11 is 0. The van der Waals surface area contributed by atoms with E-state index in [0.29, 0.717) is 17.0 Å². The second-order valence-corrected chi connectivity index (χ2v) is 7.28. The predicted octanol–water partition coefficient (Wildman–Crippen LogP) is 3.09. The molecule has 1 N–H and O–H groups in total. The molecule has 0 radical (unpaired) electrons. The van der Waals surface area contributed by atoms with Gasteiger partial charge in [-0.05, 0) is 57.7 Å². The van der Waals surface area contributed by atoms with E-state index >= 15 is 0 Å². The van der Waals surface area contributed by atoms with E-state index in [1.54, 1.807) is 24.3 Å². The van der Waals surface area contributed by atoms with Crippen LogP contribution in [-0.2, 0) is 0 Å². The van der Waals surface area contributed by atoms with Gasteiger partial charge in [0.1, 0.15) is 0 Å². The van der Waals surface area contributed by atoms with Gasteiger partial charge in [0, 0.05) is 29.8 Å². The maximum Gasteiger partial charge on any atom is 0.253 e. The molecule has 1 atom stereocenters. The topological polar surface area (TPSA) is 49.4 Å². The zero-order chi connectivity index (χ0) is 16.3. The first-order valence-corrected chi connectivity index (χ1v) is 7.98. The molecule has 2 rings (SSSR count). The van der Waals surface area contributed by atoms with Crippen molar-refractivity contribution in [2.45, 2.75) is 46.1 Å². The van der Waals surface area contributed by atoms with Gasteiger partial charge in [0.25, 0.3) is 11.8 Å². The Morgan fingerprint density at radius 1 is 1.23 bits per heavy atom. The van der Waals surface area contributed by atoms with E-state index in [1.165, 1.54) is 6.42 Å². The molecule has 0 spiro atoms. The number of benzene rings is 1. The monoisotopic (exact) mass is 302 g/mol. The molecule has 0 aliphatic carbocycles. The predicted molar refractivity (Wildman–Crippen MR) is 88.0 cm³/mol. The fourth-order valence-electron chi connectivity index (χ4n) is 2.76. The molecular formula is C18H26N2O2. The first-order valence-electron chi connectivity index (χ1n) is 7.98. The van der Waals surface area contributed by atoms with Gasteiger partial charge in [0.05, 0.1) is 0 Å². The van der Waals surface area contributed by atoms with Crippen LogP contribution < -0.4 is 5.32 Å². The molecular weight excluding hydrogens is 276 g/mol. The smallest absolute Gasteiger partial charge is 0.253 e. The molecule has 2 amide bonds. The lowest BCUT2D eigenvalue weighted by Gasteiger charge is -2.31. The van der Waals surface area contributed by atoms with Crippen LogP contribution in [0.5, 0.6) is 0 Å². The number of nitrogens with zero attached hydrogens (tertiary/aromatic N) is 1. The van der Waals surface area contributed by atoms with E-state index in [4.69, 9.17) is 0 Å². The zero-order valence-electron chi connectivity index (χ0n) is 14.0. The maximum atomic E-state index is 12.6. The average molecular weight is 302 g/mol. The van der Waals surface area contributed by atoms with Gasteiger partial charge in [-0.1, -0.05) is 13.0 Å². The number of amides is 2. The van der Waals surface area contributed by atoms with Crippen LogP contribution in [0.1, 0.15) is 61.3 Å². The quantitative estimate of drug-likeness (QED) is 0.912. The number of rotatable bonds is 2. The molecule has 1 unspecified atom stereocenters. The van der Waals surface area contributed by atoms with Crippen LogP contribution in [0.3, 0.4) is 0 Å². The molecule has 0 saturated carbocycles. The highest BCUT2D eigenvalue weighted by Gasteiger charge is 2.23. The molecule has 1 aliphatic rings. The summed E-state index contributed by atoms with van der Waals surface area (Å²) in [5, 5.41) is 2.92. The summed E-state index contributed by atoms with van der Waals surface area (Å²) in [6.45, 7) is 9.60. The zero-order valence-corrected chi connectivity index (χ0v) is 14.0. The van der Waals surface area contributed by atoms with Crippen molar-refractivity contribution >= 4 is 11.8 Å². The lowest BCUT2D eigenvalue weighted by molar-refractivity contribution is 0.0683. The second-order valence-electron chi connectivity index (χ2n) is 7.28. The fraction of sp³-hybridized carbons (Fsp3) is 0.556.